The van der Waals surface area contributed by atoms with E-state index in [0.717, 1.165) is 22.5 Å². The predicted molar refractivity (Wildman–Crippen MR) is 110 cm³/mol. The van der Waals surface area contributed by atoms with Gasteiger partial charge in [-0.2, -0.15) is 0 Å². The van der Waals surface area contributed by atoms with Crippen LogP contribution in [0.3, 0.4) is 0 Å². The lowest BCUT2D eigenvalue weighted by molar-refractivity contribution is 0.611. The lowest BCUT2D eigenvalue weighted by atomic mass is 10.0. The molecule has 4 aromatic rings. The minimum Gasteiger partial charge on any atom is -0.453 e. The molecule has 2 heterocycles. The van der Waals surface area contributed by atoms with Gasteiger partial charge in [0.2, 0.25) is 0 Å². The van der Waals surface area contributed by atoms with Crippen LogP contribution in [0, 0.1) is 6.92 Å². The summed E-state index contributed by atoms with van der Waals surface area (Å²) in [5.74, 6) is 0.609. The average Bonchev–Trinajstić information content (AvgIpc) is 2.70. The molecule has 0 saturated carbocycles. The molecule has 0 bridgehead atoms. The van der Waals surface area contributed by atoms with Gasteiger partial charge in [-0.05, 0) is 55.3 Å². The third-order valence-electron chi connectivity index (χ3n) is 4.58. The SMILES string of the molecule is CCc1c(-c2ccncc2)oc2c(Nc3ccccc3)cc(C)cc2c1=O. The van der Waals surface area contributed by atoms with E-state index in [0.29, 0.717) is 28.7 Å². The van der Waals surface area contributed by atoms with Gasteiger partial charge < -0.3 is 9.73 Å². The summed E-state index contributed by atoms with van der Waals surface area (Å²) >= 11 is 0. The van der Waals surface area contributed by atoms with Crippen molar-refractivity contribution < 1.29 is 4.42 Å². The number of nitrogens with one attached hydrogen (secondary N) is 1. The number of hydrogen-bond donors (Lipinski definition) is 1. The van der Waals surface area contributed by atoms with Gasteiger partial charge in [-0.25, -0.2) is 0 Å². The third kappa shape index (κ3) is 3.22. The number of benzene rings is 2. The molecule has 0 unspecified atom stereocenters. The molecule has 0 saturated heterocycles. The topological polar surface area (TPSA) is 55.1 Å². The summed E-state index contributed by atoms with van der Waals surface area (Å²) in [4.78, 5) is 17.3. The number of nitrogens with zero attached hydrogens (tertiary/aromatic N) is 1. The van der Waals surface area contributed by atoms with Crippen LogP contribution in [0.1, 0.15) is 18.1 Å². The third-order valence-corrected chi connectivity index (χ3v) is 4.58. The standard InChI is InChI=1S/C23H20N2O2/c1-3-18-21(26)19-13-15(2)14-20(25-17-7-5-4-6-8-17)23(19)27-22(18)16-9-11-24-12-10-16/h4-14,25H,3H2,1-2H3. The van der Waals surface area contributed by atoms with Gasteiger partial charge in [-0.3, -0.25) is 9.78 Å². The van der Waals surface area contributed by atoms with Crippen molar-refractivity contribution in [1.29, 1.82) is 0 Å². The molecule has 27 heavy (non-hydrogen) atoms. The largest absolute Gasteiger partial charge is 0.453 e. The van der Waals surface area contributed by atoms with E-state index in [2.05, 4.69) is 10.3 Å². The minimum atomic E-state index is 0.0189. The second-order valence-corrected chi connectivity index (χ2v) is 6.51. The summed E-state index contributed by atoms with van der Waals surface area (Å²) in [6, 6.07) is 17.5. The van der Waals surface area contributed by atoms with E-state index in [-0.39, 0.29) is 5.43 Å². The monoisotopic (exact) mass is 356 g/mol. The second-order valence-electron chi connectivity index (χ2n) is 6.51. The minimum absolute atomic E-state index is 0.0189. The Kier molecular flexibility index (Phi) is 4.47. The number of anilines is 2. The molecule has 0 aliphatic heterocycles. The maximum absolute atomic E-state index is 13.2. The number of rotatable bonds is 4. The fourth-order valence-corrected chi connectivity index (χ4v) is 3.31. The van der Waals surface area contributed by atoms with Crippen LogP contribution in [0.4, 0.5) is 11.4 Å². The van der Waals surface area contributed by atoms with Crippen LogP contribution in [-0.4, -0.2) is 4.98 Å². The summed E-state index contributed by atoms with van der Waals surface area (Å²) in [5, 5.41) is 3.99. The quantitative estimate of drug-likeness (QED) is 0.527. The number of fused-ring (bicyclic) bond motifs is 1. The first-order valence-electron chi connectivity index (χ1n) is 9.00. The molecule has 0 radical (unpaired) electrons. The van der Waals surface area contributed by atoms with Gasteiger partial charge in [0.1, 0.15) is 5.76 Å². The van der Waals surface area contributed by atoms with Crippen LogP contribution < -0.4 is 10.7 Å². The Morgan fingerprint density at radius 2 is 1.78 bits per heavy atom. The van der Waals surface area contributed by atoms with Crippen LogP contribution in [0.5, 0.6) is 0 Å². The molecule has 0 aliphatic carbocycles. The summed E-state index contributed by atoms with van der Waals surface area (Å²) in [5.41, 5.74) is 4.86. The van der Waals surface area contributed by atoms with Gasteiger partial charge in [-0.15, -0.1) is 0 Å². The van der Waals surface area contributed by atoms with Gasteiger partial charge >= 0.3 is 0 Å². The zero-order chi connectivity index (χ0) is 18.8. The molecule has 134 valence electrons. The lowest BCUT2D eigenvalue weighted by Gasteiger charge is -2.14. The zero-order valence-corrected chi connectivity index (χ0v) is 15.3. The van der Waals surface area contributed by atoms with E-state index in [9.17, 15) is 4.79 Å². The maximum atomic E-state index is 13.2. The van der Waals surface area contributed by atoms with Crippen molar-refractivity contribution in [3.05, 3.63) is 88.3 Å². The van der Waals surface area contributed by atoms with Crippen LogP contribution >= 0.6 is 0 Å². The smallest absolute Gasteiger partial charge is 0.196 e. The van der Waals surface area contributed by atoms with Crippen LogP contribution in [0.25, 0.3) is 22.3 Å². The van der Waals surface area contributed by atoms with Crippen molar-refractivity contribution in [3.8, 4) is 11.3 Å². The highest BCUT2D eigenvalue weighted by molar-refractivity contribution is 5.92. The van der Waals surface area contributed by atoms with Gasteiger partial charge in [0.15, 0.2) is 11.0 Å². The van der Waals surface area contributed by atoms with Crippen molar-refractivity contribution in [3.63, 3.8) is 0 Å². The summed E-state index contributed by atoms with van der Waals surface area (Å²) in [7, 11) is 0. The van der Waals surface area contributed by atoms with E-state index >= 15 is 0 Å². The van der Waals surface area contributed by atoms with Crippen molar-refractivity contribution in [2.75, 3.05) is 5.32 Å². The number of aromatic nitrogens is 1. The zero-order valence-electron chi connectivity index (χ0n) is 15.3. The first-order chi connectivity index (χ1) is 13.2. The molecule has 0 fully saturated rings. The lowest BCUT2D eigenvalue weighted by Crippen LogP contribution is -2.11. The molecule has 0 aliphatic rings. The molecule has 0 amide bonds. The molecule has 1 N–H and O–H groups in total. The van der Waals surface area contributed by atoms with E-state index in [1.165, 1.54) is 0 Å². The second kappa shape index (κ2) is 7.08. The fraction of sp³-hybridized carbons (Fsp3) is 0.130. The Morgan fingerprint density at radius 1 is 1.04 bits per heavy atom. The van der Waals surface area contributed by atoms with Crippen molar-refractivity contribution >= 4 is 22.3 Å². The molecule has 2 aromatic carbocycles. The van der Waals surface area contributed by atoms with Gasteiger partial charge in [0.25, 0.3) is 0 Å². The van der Waals surface area contributed by atoms with Gasteiger partial charge in [0.05, 0.1) is 11.1 Å². The number of aryl methyl sites for hydroxylation is 1. The molecule has 4 nitrogen and oxygen atoms in total. The van der Waals surface area contributed by atoms with Gasteiger partial charge in [-0.1, -0.05) is 25.1 Å². The normalized spacial score (nSPS) is 10.9. The van der Waals surface area contributed by atoms with Crippen LogP contribution in [0.15, 0.2) is 76.2 Å². The predicted octanol–water partition coefficient (Wildman–Crippen LogP) is 5.47. The highest BCUT2D eigenvalue weighted by Crippen LogP contribution is 2.32. The van der Waals surface area contributed by atoms with Crippen molar-refractivity contribution in [2.24, 2.45) is 0 Å². The molecule has 2 aromatic heterocycles. The molecular formula is C23H20N2O2. The van der Waals surface area contributed by atoms with Crippen LogP contribution in [0.2, 0.25) is 0 Å². The number of para-hydroxylation sites is 1. The Hall–Kier alpha value is -3.40. The maximum Gasteiger partial charge on any atom is 0.196 e. The highest BCUT2D eigenvalue weighted by atomic mass is 16.3. The van der Waals surface area contributed by atoms with E-state index < -0.39 is 0 Å². The van der Waals surface area contributed by atoms with Gasteiger partial charge in [0, 0.05) is 29.2 Å². The summed E-state index contributed by atoms with van der Waals surface area (Å²) in [6.45, 7) is 3.96. The van der Waals surface area contributed by atoms with E-state index in [1.54, 1.807) is 12.4 Å². The Balaban J connectivity index is 2.00. The molecule has 0 spiro atoms. The Morgan fingerprint density at radius 3 is 2.48 bits per heavy atom. The summed E-state index contributed by atoms with van der Waals surface area (Å²) < 4.78 is 6.32. The summed E-state index contributed by atoms with van der Waals surface area (Å²) in [6.07, 6.45) is 4.01. The Labute approximate surface area is 157 Å². The number of hydrogen-bond acceptors (Lipinski definition) is 4. The van der Waals surface area contributed by atoms with Crippen molar-refractivity contribution in [1.82, 2.24) is 4.98 Å². The fourth-order valence-electron chi connectivity index (χ4n) is 3.31. The highest BCUT2D eigenvalue weighted by Gasteiger charge is 2.17. The van der Waals surface area contributed by atoms with Crippen molar-refractivity contribution in [2.45, 2.75) is 20.3 Å². The molecule has 0 atom stereocenters. The first-order valence-corrected chi connectivity index (χ1v) is 9.00. The molecular weight excluding hydrogens is 336 g/mol. The average molecular weight is 356 g/mol. The molecule has 4 heteroatoms. The molecule has 4 rings (SSSR count). The van der Waals surface area contributed by atoms with Crippen LogP contribution in [-0.2, 0) is 6.42 Å². The number of pyridine rings is 1. The first kappa shape index (κ1) is 17.0. The van der Waals surface area contributed by atoms with E-state index in [1.807, 2.05) is 68.4 Å². The van der Waals surface area contributed by atoms with E-state index in [4.69, 9.17) is 4.42 Å². The Bertz CT molecular complexity index is 1150.